The number of nitrogen functional groups attached to an aromatic ring is 2. The van der Waals surface area contributed by atoms with Gasteiger partial charge in [0, 0.05) is 5.39 Å². The van der Waals surface area contributed by atoms with Crippen LogP contribution in [-0.4, -0.2) is 18.1 Å². The number of ether oxygens (including phenoxy) is 1. The summed E-state index contributed by atoms with van der Waals surface area (Å²) in [5.74, 6) is 5.39. The van der Waals surface area contributed by atoms with Crippen molar-refractivity contribution in [3.8, 4) is 0 Å². The van der Waals surface area contributed by atoms with Gasteiger partial charge in [-0.25, -0.2) is 15.6 Å². The topological polar surface area (TPSA) is 103 Å². The third-order valence-electron chi connectivity index (χ3n) is 2.41. The molecule has 0 bridgehead atoms. The highest BCUT2D eigenvalue weighted by Gasteiger charge is 2.19. The zero-order chi connectivity index (χ0) is 12.6. The van der Waals surface area contributed by atoms with Crippen LogP contribution in [0.25, 0.3) is 10.2 Å². The van der Waals surface area contributed by atoms with Crippen molar-refractivity contribution in [1.82, 2.24) is 4.98 Å². The molecule has 2 heterocycles. The van der Waals surface area contributed by atoms with E-state index in [0.717, 1.165) is 10.9 Å². The van der Waals surface area contributed by atoms with Gasteiger partial charge in [0.15, 0.2) is 0 Å². The van der Waals surface area contributed by atoms with E-state index in [2.05, 4.69) is 15.1 Å². The van der Waals surface area contributed by atoms with Crippen LogP contribution in [0.4, 0.5) is 11.5 Å². The molecule has 0 fully saturated rings. The SMILES string of the molecule is COC(=O)c1sc2nc(NN)cc(C)c2c1N. The second kappa shape index (κ2) is 4.19. The van der Waals surface area contributed by atoms with E-state index in [0.29, 0.717) is 21.2 Å². The maximum atomic E-state index is 11.5. The van der Waals surface area contributed by atoms with Crippen molar-refractivity contribution >= 4 is 39.0 Å². The number of carbonyl (C=O) groups excluding carboxylic acids is 1. The van der Waals surface area contributed by atoms with Crippen LogP contribution in [-0.2, 0) is 4.74 Å². The molecule has 0 saturated carbocycles. The first-order valence-corrected chi connectivity index (χ1v) is 5.64. The van der Waals surface area contributed by atoms with Crippen molar-refractivity contribution in [2.45, 2.75) is 6.92 Å². The van der Waals surface area contributed by atoms with Crippen molar-refractivity contribution < 1.29 is 9.53 Å². The number of aryl methyl sites for hydroxylation is 1. The summed E-state index contributed by atoms with van der Waals surface area (Å²) in [7, 11) is 1.32. The molecule has 2 aromatic rings. The summed E-state index contributed by atoms with van der Waals surface area (Å²) in [6.07, 6.45) is 0. The fourth-order valence-corrected chi connectivity index (χ4v) is 2.72. The summed E-state index contributed by atoms with van der Waals surface area (Å²) >= 11 is 1.19. The number of hydrogen-bond donors (Lipinski definition) is 3. The minimum absolute atomic E-state index is 0.368. The zero-order valence-corrected chi connectivity index (χ0v) is 10.2. The minimum Gasteiger partial charge on any atom is -0.465 e. The Hall–Kier alpha value is -1.86. The predicted molar refractivity (Wildman–Crippen MR) is 67.9 cm³/mol. The molecule has 17 heavy (non-hydrogen) atoms. The van der Waals surface area contributed by atoms with E-state index in [1.165, 1.54) is 18.4 Å². The fraction of sp³-hybridized carbons (Fsp3) is 0.200. The van der Waals surface area contributed by atoms with Crippen molar-refractivity contribution in [3.63, 3.8) is 0 Å². The first-order chi connectivity index (χ1) is 8.08. The number of hydrazine groups is 1. The molecule has 0 aromatic carbocycles. The highest BCUT2D eigenvalue weighted by Crippen LogP contribution is 2.35. The molecule has 0 aliphatic rings. The molecule has 2 aromatic heterocycles. The number of esters is 1. The maximum Gasteiger partial charge on any atom is 0.350 e. The molecule has 0 unspecified atom stereocenters. The average molecular weight is 252 g/mol. The van der Waals surface area contributed by atoms with Crippen molar-refractivity contribution in [1.29, 1.82) is 0 Å². The Labute approximate surface area is 102 Å². The molecular formula is C10H12N4O2S. The molecule has 0 atom stereocenters. The molecule has 7 heteroatoms. The van der Waals surface area contributed by atoms with Crippen molar-refractivity contribution in [2.24, 2.45) is 5.84 Å². The Morgan fingerprint density at radius 3 is 2.88 bits per heavy atom. The van der Waals surface area contributed by atoms with Gasteiger partial charge in [0.1, 0.15) is 15.5 Å². The number of pyridine rings is 1. The number of nitrogens with zero attached hydrogens (tertiary/aromatic N) is 1. The van der Waals surface area contributed by atoms with Crippen molar-refractivity contribution in [3.05, 3.63) is 16.5 Å². The molecular weight excluding hydrogens is 240 g/mol. The summed E-state index contributed by atoms with van der Waals surface area (Å²) in [5, 5.41) is 0.773. The number of nitrogens with one attached hydrogen (secondary N) is 1. The van der Waals surface area contributed by atoms with E-state index in [1.54, 1.807) is 6.07 Å². The number of hydrogen-bond acceptors (Lipinski definition) is 7. The molecule has 5 N–H and O–H groups in total. The molecule has 0 radical (unpaired) electrons. The molecule has 0 aliphatic carbocycles. The third-order valence-corrected chi connectivity index (χ3v) is 3.49. The normalized spacial score (nSPS) is 10.5. The van der Waals surface area contributed by atoms with Gasteiger partial charge in [-0.05, 0) is 18.6 Å². The molecule has 0 saturated heterocycles. The smallest absolute Gasteiger partial charge is 0.350 e. The largest absolute Gasteiger partial charge is 0.465 e. The first-order valence-electron chi connectivity index (χ1n) is 4.83. The van der Waals surface area contributed by atoms with Crippen LogP contribution in [0.3, 0.4) is 0 Å². The summed E-state index contributed by atoms with van der Waals surface area (Å²) < 4.78 is 4.67. The number of anilines is 2. The molecule has 0 aliphatic heterocycles. The lowest BCUT2D eigenvalue weighted by atomic mass is 10.1. The van der Waals surface area contributed by atoms with E-state index in [9.17, 15) is 4.79 Å². The number of nitrogens with two attached hydrogens (primary N) is 2. The second-order valence-corrected chi connectivity index (χ2v) is 4.48. The van der Waals surface area contributed by atoms with Crippen LogP contribution in [0.15, 0.2) is 6.07 Å². The number of methoxy groups -OCH3 is 1. The number of aromatic nitrogens is 1. The van der Waals surface area contributed by atoms with Crippen LogP contribution >= 0.6 is 11.3 Å². The van der Waals surface area contributed by atoms with Crippen LogP contribution in [0.5, 0.6) is 0 Å². The Morgan fingerprint density at radius 1 is 1.59 bits per heavy atom. The molecule has 90 valence electrons. The Balaban J connectivity index is 2.73. The summed E-state index contributed by atoms with van der Waals surface area (Å²) in [4.78, 5) is 16.8. The van der Waals surface area contributed by atoms with E-state index in [1.807, 2.05) is 6.92 Å². The van der Waals surface area contributed by atoms with Gasteiger partial charge < -0.3 is 15.9 Å². The van der Waals surface area contributed by atoms with Gasteiger partial charge in [0.05, 0.1) is 12.8 Å². The van der Waals surface area contributed by atoms with Crippen LogP contribution in [0.1, 0.15) is 15.2 Å². The fourth-order valence-electron chi connectivity index (χ4n) is 1.63. The minimum atomic E-state index is -0.452. The van der Waals surface area contributed by atoms with Crippen molar-refractivity contribution in [2.75, 3.05) is 18.3 Å². The predicted octanol–water partition coefficient (Wildman–Crippen LogP) is 1.26. The van der Waals surface area contributed by atoms with Gasteiger partial charge in [0.25, 0.3) is 0 Å². The van der Waals surface area contributed by atoms with Gasteiger partial charge in [-0.1, -0.05) is 0 Å². The molecule has 6 nitrogen and oxygen atoms in total. The monoisotopic (exact) mass is 252 g/mol. The van der Waals surface area contributed by atoms with Gasteiger partial charge in [-0.15, -0.1) is 11.3 Å². The average Bonchev–Trinajstić information content (AvgIpc) is 2.66. The van der Waals surface area contributed by atoms with Gasteiger partial charge in [-0.3, -0.25) is 0 Å². The highest BCUT2D eigenvalue weighted by atomic mass is 32.1. The Morgan fingerprint density at radius 2 is 2.29 bits per heavy atom. The lowest BCUT2D eigenvalue weighted by Gasteiger charge is -2.02. The van der Waals surface area contributed by atoms with E-state index in [-0.39, 0.29) is 0 Å². The Kier molecular flexibility index (Phi) is 2.86. The number of thiophene rings is 1. The summed E-state index contributed by atoms with van der Waals surface area (Å²) in [5.41, 5.74) is 9.71. The molecule has 0 amide bonds. The van der Waals surface area contributed by atoms with Gasteiger partial charge in [-0.2, -0.15) is 0 Å². The van der Waals surface area contributed by atoms with E-state index in [4.69, 9.17) is 11.6 Å². The van der Waals surface area contributed by atoms with Crippen LogP contribution in [0, 0.1) is 6.92 Å². The summed E-state index contributed by atoms with van der Waals surface area (Å²) in [6.45, 7) is 1.88. The zero-order valence-electron chi connectivity index (χ0n) is 9.40. The third kappa shape index (κ3) is 1.79. The quantitative estimate of drug-likeness (QED) is 0.422. The number of rotatable bonds is 2. The second-order valence-electron chi connectivity index (χ2n) is 3.49. The molecule has 0 spiro atoms. The highest BCUT2D eigenvalue weighted by molar-refractivity contribution is 7.21. The summed E-state index contributed by atoms with van der Waals surface area (Å²) in [6, 6.07) is 1.77. The number of fused-ring (bicyclic) bond motifs is 1. The lowest BCUT2D eigenvalue weighted by Crippen LogP contribution is -2.08. The standard InChI is InChI=1S/C10H12N4O2S/c1-4-3-5(14-12)13-9-6(4)7(11)8(17-9)10(15)16-2/h3H,11-12H2,1-2H3,(H,13,14). The van der Waals surface area contributed by atoms with Gasteiger partial charge in [0.2, 0.25) is 0 Å². The molecule has 2 rings (SSSR count). The van der Waals surface area contributed by atoms with E-state index >= 15 is 0 Å². The van der Waals surface area contributed by atoms with Crippen LogP contribution < -0.4 is 17.0 Å². The van der Waals surface area contributed by atoms with Crippen LogP contribution in [0.2, 0.25) is 0 Å². The number of carbonyl (C=O) groups is 1. The van der Waals surface area contributed by atoms with E-state index < -0.39 is 5.97 Å². The maximum absolute atomic E-state index is 11.5. The lowest BCUT2D eigenvalue weighted by molar-refractivity contribution is 0.0607. The first kappa shape index (κ1) is 11.6. The Bertz CT molecular complexity index is 593. The van der Waals surface area contributed by atoms with Gasteiger partial charge >= 0.3 is 5.97 Å².